The van der Waals surface area contributed by atoms with Gasteiger partial charge in [-0.3, -0.25) is 0 Å². The van der Waals surface area contributed by atoms with Gasteiger partial charge in [0.25, 0.3) is 0 Å². The Hall–Kier alpha value is 0.640. The maximum Gasteiger partial charge on any atom is 0.0454 e. The van der Waals surface area contributed by atoms with Gasteiger partial charge in [0.05, 0.1) is 0 Å². The molecule has 9 heavy (non-hydrogen) atoms. The molecule has 0 amide bonds. The van der Waals surface area contributed by atoms with E-state index in [4.69, 9.17) is 11.6 Å². The van der Waals surface area contributed by atoms with Crippen molar-refractivity contribution in [3.05, 3.63) is 0 Å². The van der Waals surface area contributed by atoms with Crippen molar-refractivity contribution >= 4 is 23.4 Å². The normalized spacial score (nSPS) is 35.3. The summed E-state index contributed by atoms with van der Waals surface area (Å²) in [4.78, 5) is 0. The van der Waals surface area contributed by atoms with Crippen LogP contribution in [0.15, 0.2) is 0 Å². The molecule has 0 saturated heterocycles. The van der Waals surface area contributed by atoms with E-state index in [-0.39, 0.29) is 0 Å². The van der Waals surface area contributed by atoms with Crippen molar-refractivity contribution in [1.82, 2.24) is 0 Å². The highest BCUT2D eigenvalue weighted by molar-refractivity contribution is 8.00. The first-order chi connectivity index (χ1) is 4.34. The second-order valence-corrected chi connectivity index (χ2v) is 4.52. The lowest BCUT2D eigenvalue weighted by Crippen LogP contribution is -2.08. The van der Waals surface area contributed by atoms with Gasteiger partial charge in [-0.1, -0.05) is 13.3 Å². The molecule has 0 nitrogen and oxygen atoms in total. The molecule has 0 aromatic rings. The summed E-state index contributed by atoms with van der Waals surface area (Å²) >= 11 is 8.05. The average Bonchev–Trinajstić information content (AvgIpc) is 2.18. The number of hydrogen-bond donors (Lipinski definition) is 0. The highest BCUT2D eigenvalue weighted by Crippen LogP contribution is 2.33. The lowest BCUT2D eigenvalue weighted by Gasteiger charge is -2.10. The van der Waals surface area contributed by atoms with Gasteiger partial charge >= 0.3 is 0 Å². The zero-order valence-corrected chi connectivity index (χ0v) is 7.34. The van der Waals surface area contributed by atoms with E-state index in [9.17, 15) is 0 Å². The molecule has 1 aliphatic carbocycles. The molecular formula is C7H13ClS. The van der Waals surface area contributed by atoms with Crippen LogP contribution in [0.4, 0.5) is 0 Å². The largest absolute Gasteiger partial charge is 0.157 e. The van der Waals surface area contributed by atoms with E-state index in [0.29, 0.717) is 5.38 Å². The predicted molar refractivity (Wildman–Crippen MR) is 45.4 cm³/mol. The van der Waals surface area contributed by atoms with E-state index >= 15 is 0 Å². The van der Waals surface area contributed by atoms with Crippen LogP contribution in [-0.4, -0.2) is 16.4 Å². The van der Waals surface area contributed by atoms with E-state index in [2.05, 4.69) is 6.92 Å². The zero-order chi connectivity index (χ0) is 6.69. The van der Waals surface area contributed by atoms with Crippen LogP contribution in [0.25, 0.3) is 0 Å². The summed E-state index contributed by atoms with van der Waals surface area (Å²) in [7, 11) is 0. The summed E-state index contributed by atoms with van der Waals surface area (Å²) in [6, 6.07) is 0. The summed E-state index contributed by atoms with van der Waals surface area (Å²) < 4.78 is 0. The monoisotopic (exact) mass is 164 g/mol. The van der Waals surface area contributed by atoms with Crippen molar-refractivity contribution in [1.29, 1.82) is 0 Å². The highest BCUT2D eigenvalue weighted by Gasteiger charge is 2.24. The first kappa shape index (κ1) is 7.74. The summed E-state index contributed by atoms with van der Waals surface area (Å²) in [5.41, 5.74) is 0. The minimum Gasteiger partial charge on any atom is -0.157 e. The number of rotatable bonds is 2. The van der Waals surface area contributed by atoms with E-state index in [0.717, 1.165) is 5.25 Å². The minimum atomic E-state index is 0.468. The molecule has 2 atom stereocenters. The van der Waals surface area contributed by atoms with Gasteiger partial charge in [0, 0.05) is 10.6 Å². The van der Waals surface area contributed by atoms with Crippen LogP contribution in [0, 0.1) is 0 Å². The third-order valence-corrected chi connectivity index (χ3v) is 3.75. The number of hydrogen-bond acceptors (Lipinski definition) is 1. The Balaban J connectivity index is 2.22. The summed E-state index contributed by atoms with van der Waals surface area (Å²) in [5.74, 6) is 1.22. The summed E-state index contributed by atoms with van der Waals surface area (Å²) in [5, 5.41) is 1.23. The lowest BCUT2D eigenvalue weighted by molar-refractivity contribution is 0.888. The second kappa shape index (κ2) is 3.72. The van der Waals surface area contributed by atoms with Crippen molar-refractivity contribution in [2.24, 2.45) is 0 Å². The van der Waals surface area contributed by atoms with Gasteiger partial charge in [-0.15, -0.1) is 11.6 Å². The molecule has 0 aliphatic heterocycles. The van der Waals surface area contributed by atoms with Crippen molar-refractivity contribution in [3.8, 4) is 0 Å². The van der Waals surface area contributed by atoms with Gasteiger partial charge in [0.2, 0.25) is 0 Å². The van der Waals surface area contributed by atoms with Crippen LogP contribution in [-0.2, 0) is 0 Å². The Morgan fingerprint density at radius 1 is 1.56 bits per heavy atom. The van der Waals surface area contributed by atoms with Crippen LogP contribution >= 0.6 is 23.4 Å². The van der Waals surface area contributed by atoms with Crippen molar-refractivity contribution in [3.63, 3.8) is 0 Å². The Labute approximate surface area is 66.3 Å². The Kier molecular flexibility index (Phi) is 3.20. The maximum absolute atomic E-state index is 6.04. The third-order valence-electron chi connectivity index (χ3n) is 1.75. The van der Waals surface area contributed by atoms with E-state index in [1.807, 2.05) is 11.8 Å². The van der Waals surface area contributed by atoms with Gasteiger partial charge in [0.15, 0.2) is 0 Å². The SMILES string of the molecule is CCS[C@H]1CCC[C@@H]1Cl. The molecule has 1 fully saturated rings. The van der Waals surface area contributed by atoms with Crippen LogP contribution in [0.5, 0.6) is 0 Å². The molecule has 0 aromatic carbocycles. The molecule has 0 N–H and O–H groups in total. The Bertz CT molecular complexity index is 85.0. The van der Waals surface area contributed by atoms with Gasteiger partial charge in [0.1, 0.15) is 0 Å². The molecule has 1 aliphatic rings. The fraction of sp³-hybridized carbons (Fsp3) is 1.00. The second-order valence-electron chi connectivity index (χ2n) is 2.44. The first-order valence-electron chi connectivity index (χ1n) is 3.60. The Morgan fingerprint density at radius 2 is 2.33 bits per heavy atom. The van der Waals surface area contributed by atoms with Gasteiger partial charge in [-0.2, -0.15) is 11.8 Å². The number of halogens is 1. The molecule has 0 unspecified atom stereocenters. The molecule has 1 saturated carbocycles. The fourth-order valence-corrected chi connectivity index (χ4v) is 2.89. The highest BCUT2D eigenvalue weighted by atomic mass is 35.5. The molecule has 0 bridgehead atoms. The first-order valence-corrected chi connectivity index (χ1v) is 5.08. The van der Waals surface area contributed by atoms with E-state index in [1.54, 1.807) is 0 Å². The maximum atomic E-state index is 6.04. The van der Waals surface area contributed by atoms with Crippen LogP contribution in [0.3, 0.4) is 0 Å². The van der Waals surface area contributed by atoms with E-state index in [1.165, 1.54) is 25.0 Å². The zero-order valence-electron chi connectivity index (χ0n) is 5.77. The quantitative estimate of drug-likeness (QED) is 0.566. The molecule has 54 valence electrons. The third kappa shape index (κ3) is 2.05. The summed E-state index contributed by atoms with van der Waals surface area (Å²) in [6.07, 6.45) is 3.91. The van der Waals surface area contributed by atoms with Gasteiger partial charge in [-0.25, -0.2) is 0 Å². The van der Waals surface area contributed by atoms with Gasteiger partial charge in [-0.05, 0) is 18.6 Å². The fourth-order valence-electron chi connectivity index (χ4n) is 1.28. The minimum absolute atomic E-state index is 0.468. The van der Waals surface area contributed by atoms with Crippen LogP contribution in [0.1, 0.15) is 26.2 Å². The molecule has 0 heterocycles. The van der Waals surface area contributed by atoms with Crippen molar-refractivity contribution < 1.29 is 0 Å². The average molecular weight is 165 g/mol. The number of alkyl halides is 1. The standard InChI is InChI=1S/C7H13ClS/c1-2-9-7-5-3-4-6(7)8/h6-7H,2-5H2,1H3/t6-,7-/m0/s1. The molecule has 1 rings (SSSR count). The van der Waals surface area contributed by atoms with Gasteiger partial charge < -0.3 is 0 Å². The van der Waals surface area contributed by atoms with Crippen LogP contribution in [0.2, 0.25) is 0 Å². The van der Waals surface area contributed by atoms with Crippen molar-refractivity contribution in [2.75, 3.05) is 5.75 Å². The molecule has 0 aromatic heterocycles. The molecule has 0 radical (unpaired) electrons. The Morgan fingerprint density at radius 3 is 2.78 bits per heavy atom. The topological polar surface area (TPSA) is 0 Å². The smallest absolute Gasteiger partial charge is 0.0454 e. The lowest BCUT2D eigenvalue weighted by atomic mass is 10.4. The number of thioether (sulfide) groups is 1. The van der Waals surface area contributed by atoms with Crippen LogP contribution < -0.4 is 0 Å². The predicted octanol–water partition coefficient (Wildman–Crippen LogP) is 2.90. The molecule has 2 heteroatoms. The molecule has 0 spiro atoms. The molecular weight excluding hydrogens is 152 g/mol. The van der Waals surface area contributed by atoms with Crippen molar-refractivity contribution in [2.45, 2.75) is 36.8 Å². The van der Waals surface area contributed by atoms with E-state index < -0.39 is 0 Å². The summed E-state index contributed by atoms with van der Waals surface area (Å²) in [6.45, 7) is 2.20.